The highest BCUT2D eigenvalue weighted by Crippen LogP contribution is 2.29. The molecular formula is C16H22N4O4S. The molecule has 2 amide bonds. The van der Waals surface area contributed by atoms with E-state index in [1.165, 1.54) is 17.8 Å². The van der Waals surface area contributed by atoms with Crippen LogP contribution in [-0.4, -0.2) is 54.1 Å². The molecule has 8 nitrogen and oxygen atoms in total. The van der Waals surface area contributed by atoms with Gasteiger partial charge in [-0.2, -0.15) is 0 Å². The first-order chi connectivity index (χ1) is 12.0. The number of hydrogen-bond donors (Lipinski definition) is 2. The van der Waals surface area contributed by atoms with Crippen LogP contribution in [0.3, 0.4) is 0 Å². The van der Waals surface area contributed by atoms with Crippen LogP contribution in [0.5, 0.6) is 0 Å². The number of nitro groups is 1. The van der Waals surface area contributed by atoms with Gasteiger partial charge in [0.05, 0.1) is 15.7 Å². The molecular weight excluding hydrogens is 344 g/mol. The van der Waals surface area contributed by atoms with Crippen LogP contribution >= 0.6 is 11.8 Å². The second kappa shape index (κ2) is 8.82. The van der Waals surface area contributed by atoms with Crippen molar-refractivity contribution in [1.82, 2.24) is 10.2 Å². The number of hydrogen-bond acceptors (Lipinski definition) is 6. The molecule has 1 saturated heterocycles. The van der Waals surface area contributed by atoms with Crippen molar-refractivity contribution in [3.05, 3.63) is 33.9 Å². The Morgan fingerprint density at radius 1 is 1.48 bits per heavy atom. The zero-order valence-electron chi connectivity index (χ0n) is 14.1. The molecule has 1 aromatic rings. The maximum atomic E-state index is 12.7. The van der Waals surface area contributed by atoms with Gasteiger partial charge >= 0.3 is 0 Å². The Labute approximate surface area is 150 Å². The Morgan fingerprint density at radius 3 is 2.88 bits per heavy atom. The average molecular weight is 366 g/mol. The number of benzene rings is 1. The van der Waals surface area contributed by atoms with Crippen molar-refractivity contribution in [3.63, 3.8) is 0 Å². The van der Waals surface area contributed by atoms with Crippen molar-refractivity contribution < 1.29 is 14.5 Å². The molecule has 1 aliphatic heterocycles. The van der Waals surface area contributed by atoms with Gasteiger partial charge in [-0.1, -0.05) is 0 Å². The lowest BCUT2D eigenvalue weighted by Gasteiger charge is -2.32. The van der Waals surface area contributed by atoms with Gasteiger partial charge < -0.3 is 16.0 Å². The Bertz CT molecular complexity index is 668. The van der Waals surface area contributed by atoms with Gasteiger partial charge in [0.25, 0.3) is 11.6 Å². The van der Waals surface area contributed by atoms with Crippen LogP contribution in [-0.2, 0) is 4.79 Å². The molecule has 0 spiro atoms. The molecule has 1 aromatic carbocycles. The SMILES string of the molecule is CSc1ccc(C(=O)N2CCCC(C(=O)NCCN)C2)cc1[N+](=O)[O-]. The number of carbonyl (C=O) groups is 2. The minimum absolute atomic E-state index is 0.0763. The summed E-state index contributed by atoms with van der Waals surface area (Å²) < 4.78 is 0. The number of nitro benzene ring substituents is 1. The third-order valence-electron chi connectivity index (χ3n) is 4.15. The molecule has 1 fully saturated rings. The molecule has 0 bridgehead atoms. The minimum Gasteiger partial charge on any atom is -0.355 e. The van der Waals surface area contributed by atoms with Crippen LogP contribution in [0.4, 0.5) is 5.69 Å². The van der Waals surface area contributed by atoms with Crippen molar-refractivity contribution >= 4 is 29.3 Å². The van der Waals surface area contributed by atoms with E-state index in [1.807, 2.05) is 0 Å². The Hall–Kier alpha value is -2.13. The molecule has 0 radical (unpaired) electrons. The number of likely N-dealkylation sites (tertiary alicyclic amines) is 1. The van der Waals surface area contributed by atoms with E-state index in [-0.39, 0.29) is 29.0 Å². The van der Waals surface area contributed by atoms with Gasteiger partial charge in [0.2, 0.25) is 5.91 Å². The fourth-order valence-electron chi connectivity index (χ4n) is 2.86. The largest absolute Gasteiger partial charge is 0.355 e. The molecule has 3 N–H and O–H groups in total. The van der Waals surface area contributed by atoms with Crippen LogP contribution in [0, 0.1) is 16.0 Å². The quantitative estimate of drug-likeness (QED) is 0.444. The number of nitrogens with one attached hydrogen (secondary N) is 1. The summed E-state index contributed by atoms with van der Waals surface area (Å²) in [7, 11) is 0. The summed E-state index contributed by atoms with van der Waals surface area (Å²) in [4.78, 5) is 37.6. The van der Waals surface area contributed by atoms with Gasteiger partial charge in [0.15, 0.2) is 0 Å². The highest BCUT2D eigenvalue weighted by Gasteiger charge is 2.29. The molecule has 25 heavy (non-hydrogen) atoms. The second-order valence-corrected chi connectivity index (χ2v) is 6.66. The second-order valence-electron chi connectivity index (χ2n) is 5.81. The predicted octanol–water partition coefficient (Wildman–Crippen LogP) is 1.24. The first-order valence-corrected chi connectivity index (χ1v) is 9.30. The van der Waals surface area contributed by atoms with E-state index in [0.717, 1.165) is 6.42 Å². The lowest BCUT2D eigenvalue weighted by atomic mass is 9.96. The molecule has 9 heteroatoms. The van der Waals surface area contributed by atoms with Crippen molar-refractivity contribution in [2.24, 2.45) is 11.7 Å². The summed E-state index contributed by atoms with van der Waals surface area (Å²) in [5, 5.41) is 13.9. The fourth-order valence-corrected chi connectivity index (χ4v) is 3.41. The number of carbonyl (C=O) groups excluding carboxylic acids is 2. The molecule has 136 valence electrons. The number of thioether (sulfide) groups is 1. The summed E-state index contributed by atoms with van der Waals surface area (Å²) in [6, 6.07) is 4.50. The lowest BCUT2D eigenvalue weighted by molar-refractivity contribution is -0.387. The number of nitrogens with two attached hydrogens (primary N) is 1. The van der Waals surface area contributed by atoms with Gasteiger partial charge in [-0.15, -0.1) is 11.8 Å². The standard InChI is InChI=1S/C16H22N4O4S/c1-25-14-5-4-11(9-13(14)20(23)24)16(22)19-8-2-3-12(10-19)15(21)18-7-6-17/h4-5,9,12H,2-3,6-8,10,17H2,1H3,(H,18,21). The van der Waals surface area contributed by atoms with Gasteiger partial charge in [-0.05, 0) is 31.2 Å². The van der Waals surface area contributed by atoms with Gasteiger partial charge in [0, 0.05) is 37.8 Å². The third-order valence-corrected chi connectivity index (χ3v) is 4.93. The minimum atomic E-state index is -0.484. The zero-order valence-corrected chi connectivity index (χ0v) is 14.9. The monoisotopic (exact) mass is 366 g/mol. The smallest absolute Gasteiger partial charge is 0.283 e. The number of piperidine rings is 1. The van der Waals surface area contributed by atoms with E-state index < -0.39 is 4.92 Å². The number of rotatable bonds is 6. The van der Waals surface area contributed by atoms with Gasteiger partial charge in [-0.25, -0.2) is 0 Å². The average Bonchev–Trinajstić information content (AvgIpc) is 2.64. The van der Waals surface area contributed by atoms with Crippen molar-refractivity contribution in [2.75, 3.05) is 32.4 Å². The Morgan fingerprint density at radius 2 is 2.24 bits per heavy atom. The fraction of sp³-hybridized carbons (Fsp3) is 0.500. The first-order valence-electron chi connectivity index (χ1n) is 8.07. The maximum Gasteiger partial charge on any atom is 0.283 e. The summed E-state index contributed by atoms with van der Waals surface area (Å²) >= 11 is 1.26. The molecule has 0 aliphatic carbocycles. The maximum absolute atomic E-state index is 12.7. The Balaban J connectivity index is 2.13. The zero-order chi connectivity index (χ0) is 18.4. The van der Waals surface area contributed by atoms with Crippen LogP contribution in [0.15, 0.2) is 23.1 Å². The van der Waals surface area contributed by atoms with E-state index in [1.54, 1.807) is 23.3 Å². The summed E-state index contributed by atoms with van der Waals surface area (Å²) in [6.07, 6.45) is 3.18. The van der Waals surface area contributed by atoms with Gasteiger partial charge in [0.1, 0.15) is 0 Å². The van der Waals surface area contributed by atoms with Crippen LogP contribution < -0.4 is 11.1 Å². The van der Waals surface area contributed by atoms with Crippen molar-refractivity contribution in [3.8, 4) is 0 Å². The molecule has 1 heterocycles. The first kappa shape index (κ1) is 19.2. The van der Waals surface area contributed by atoms with E-state index >= 15 is 0 Å². The van der Waals surface area contributed by atoms with Crippen LogP contribution in [0.1, 0.15) is 23.2 Å². The highest BCUT2D eigenvalue weighted by molar-refractivity contribution is 7.98. The molecule has 0 saturated carbocycles. The molecule has 1 aliphatic rings. The number of amides is 2. The van der Waals surface area contributed by atoms with E-state index in [9.17, 15) is 19.7 Å². The van der Waals surface area contributed by atoms with Crippen LogP contribution in [0.25, 0.3) is 0 Å². The van der Waals surface area contributed by atoms with E-state index in [2.05, 4.69) is 5.32 Å². The topological polar surface area (TPSA) is 119 Å². The highest BCUT2D eigenvalue weighted by atomic mass is 32.2. The normalized spacial score (nSPS) is 17.2. The molecule has 2 rings (SSSR count). The van der Waals surface area contributed by atoms with Crippen molar-refractivity contribution in [2.45, 2.75) is 17.7 Å². The van der Waals surface area contributed by atoms with Gasteiger partial charge in [-0.3, -0.25) is 19.7 Å². The summed E-state index contributed by atoms with van der Waals surface area (Å²) in [5.74, 6) is -0.663. The third kappa shape index (κ3) is 4.70. The van der Waals surface area contributed by atoms with E-state index in [0.29, 0.717) is 37.5 Å². The summed E-state index contributed by atoms with van der Waals surface area (Å²) in [6.45, 7) is 1.63. The molecule has 0 aromatic heterocycles. The lowest BCUT2D eigenvalue weighted by Crippen LogP contribution is -2.46. The van der Waals surface area contributed by atoms with Crippen molar-refractivity contribution in [1.29, 1.82) is 0 Å². The van der Waals surface area contributed by atoms with Crippen LogP contribution in [0.2, 0.25) is 0 Å². The predicted molar refractivity (Wildman–Crippen MR) is 95.6 cm³/mol. The summed E-state index contributed by atoms with van der Waals surface area (Å²) in [5.41, 5.74) is 5.58. The molecule has 1 unspecified atom stereocenters. The number of nitrogens with zero attached hydrogens (tertiary/aromatic N) is 2. The van der Waals surface area contributed by atoms with E-state index in [4.69, 9.17) is 5.73 Å². The molecule has 1 atom stereocenters. The Kier molecular flexibility index (Phi) is 6.77.